The third-order valence-corrected chi connectivity index (χ3v) is 11.5. The van der Waals surface area contributed by atoms with Gasteiger partial charge in [0.2, 0.25) is 0 Å². The van der Waals surface area contributed by atoms with Crippen LogP contribution in [0.3, 0.4) is 0 Å². The molecule has 0 aromatic heterocycles. The molecule has 0 aliphatic carbocycles. The number of hydrogen-bond donors (Lipinski definition) is 0. The summed E-state index contributed by atoms with van der Waals surface area (Å²) in [5.41, 5.74) is 0. The largest absolute Gasteiger partial charge is 0.462 e. The van der Waals surface area contributed by atoms with Gasteiger partial charge in [-0.25, -0.2) is 0 Å². The lowest BCUT2D eigenvalue weighted by Crippen LogP contribution is -2.30. The number of unbranched alkanes of at least 4 members (excludes halogenated alkanes) is 32. The Morgan fingerprint density at radius 1 is 0.350 bits per heavy atom. The molecule has 6 heteroatoms. The molecule has 0 fully saturated rings. The first kappa shape index (κ1) is 57.6. The van der Waals surface area contributed by atoms with Gasteiger partial charge in [-0.05, 0) is 38.5 Å². The third-order valence-electron chi connectivity index (χ3n) is 11.5. The first-order valence-corrected chi connectivity index (χ1v) is 26.0. The summed E-state index contributed by atoms with van der Waals surface area (Å²) in [5.74, 6) is -0.872. The minimum atomic E-state index is -0.771. The molecule has 0 bridgehead atoms. The lowest BCUT2D eigenvalue weighted by Gasteiger charge is -2.18. The van der Waals surface area contributed by atoms with Crippen molar-refractivity contribution in [3.63, 3.8) is 0 Å². The van der Waals surface area contributed by atoms with Crippen LogP contribution in [0.25, 0.3) is 0 Å². The van der Waals surface area contributed by atoms with Gasteiger partial charge in [0.15, 0.2) is 6.10 Å². The zero-order valence-corrected chi connectivity index (χ0v) is 40.0. The van der Waals surface area contributed by atoms with Gasteiger partial charge < -0.3 is 14.2 Å². The van der Waals surface area contributed by atoms with E-state index in [1.807, 2.05) is 0 Å². The minimum Gasteiger partial charge on any atom is -0.462 e. The second-order valence-corrected chi connectivity index (χ2v) is 17.5. The molecule has 0 aromatic carbocycles. The first-order chi connectivity index (χ1) is 29.5. The predicted octanol–water partition coefficient (Wildman–Crippen LogP) is 16.9. The highest BCUT2D eigenvalue weighted by molar-refractivity contribution is 5.71. The van der Waals surface area contributed by atoms with Crippen molar-refractivity contribution in [2.75, 3.05) is 13.2 Å². The molecule has 0 radical (unpaired) electrons. The molecule has 0 saturated carbocycles. The highest BCUT2D eigenvalue weighted by atomic mass is 16.6. The zero-order chi connectivity index (χ0) is 43.7. The topological polar surface area (TPSA) is 78.9 Å². The van der Waals surface area contributed by atoms with Crippen molar-refractivity contribution in [1.82, 2.24) is 0 Å². The number of carbonyl (C=O) groups is 3. The minimum absolute atomic E-state index is 0.0717. The summed E-state index contributed by atoms with van der Waals surface area (Å²) in [5, 5.41) is 0. The second kappa shape index (κ2) is 49.3. The first-order valence-electron chi connectivity index (χ1n) is 26.0. The van der Waals surface area contributed by atoms with Crippen molar-refractivity contribution in [3.05, 3.63) is 36.5 Å². The molecule has 0 N–H and O–H groups in total. The molecule has 0 spiro atoms. The molecular formula is C54H98O6. The van der Waals surface area contributed by atoms with Crippen LogP contribution in [0, 0.1) is 0 Å². The molecule has 0 saturated heterocycles. The fourth-order valence-electron chi connectivity index (χ4n) is 7.56. The molecule has 0 amide bonds. The van der Waals surface area contributed by atoms with E-state index in [1.54, 1.807) is 0 Å². The van der Waals surface area contributed by atoms with Gasteiger partial charge in [0, 0.05) is 19.3 Å². The van der Waals surface area contributed by atoms with Gasteiger partial charge in [0.1, 0.15) is 13.2 Å². The Labute approximate surface area is 372 Å². The molecule has 350 valence electrons. The normalized spacial score (nSPS) is 12.2. The van der Waals surface area contributed by atoms with Crippen LogP contribution in [-0.2, 0) is 28.6 Å². The van der Waals surface area contributed by atoms with Crippen LogP contribution in [-0.4, -0.2) is 37.2 Å². The fraction of sp³-hybridized carbons (Fsp3) is 0.833. The number of hydrogen-bond acceptors (Lipinski definition) is 6. The van der Waals surface area contributed by atoms with Gasteiger partial charge in [-0.1, -0.05) is 250 Å². The summed E-state index contributed by atoms with van der Waals surface area (Å²) in [6.45, 7) is 6.52. The molecule has 6 nitrogen and oxygen atoms in total. The fourth-order valence-corrected chi connectivity index (χ4v) is 7.56. The Morgan fingerprint density at radius 3 is 1.00 bits per heavy atom. The summed E-state index contributed by atoms with van der Waals surface area (Å²) in [6.07, 6.45) is 56.9. The van der Waals surface area contributed by atoms with Crippen LogP contribution in [0.15, 0.2) is 36.5 Å². The molecule has 1 atom stereocenters. The van der Waals surface area contributed by atoms with Gasteiger partial charge >= 0.3 is 17.9 Å². The Bertz CT molecular complexity index is 1020. The van der Waals surface area contributed by atoms with Crippen molar-refractivity contribution < 1.29 is 28.6 Å². The van der Waals surface area contributed by atoms with Gasteiger partial charge in [0.05, 0.1) is 0 Å². The molecule has 0 aromatic rings. The van der Waals surface area contributed by atoms with Crippen LogP contribution >= 0.6 is 0 Å². The van der Waals surface area contributed by atoms with E-state index in [0.29, 0.717) is 19.3 Å². The average molecular weight is 843 g/mol. The van der Waals surface area contributed by atoms with Crippen molar-refractivity contribution in [1.29, 1.82) is 0 Å². The molecule has 60 heavy (non-hydrogen) atoms. The van der Waals surface area contributed by atoms with E-state index < -0.39 is 6.10 Å². The smallest absolute Gasteiger partial charge is 0.306 e. The Hall–Kier alpha value is -2.37. The summed E-state index contributed by atoms with van der Waals surface area (Å²) in [6, 6.07) is 0. The summed E-state index contributed by atoms with van der Waals surface area (Å²) < 4.78 is 16.8. The van der Waals surface area contributed by atoms with E-state index >= 15 is 0 Å². The van der Waals surface area contributed by atoms with Gasteiger partial charge in [-0.15, -0.1) is 0 Å². The van der Waals surface area contributed by atoms with E-state index in [0.717, 1.165) is 70.6 Å². The number of rotatable bonds is 47. The van der Waals surface area contributed by atoms with Gasteiger partial charge in [-0.3, -0.25) is 14.4 Å². The van der Waals surface area contributed by atoms with Crippen LogP contribution in [0.2, 0.25) is 0 Å². The molecule has 0 aliphatic heterocycles. The summed E-state index contributed by atoms with van der Waals surface area (Å²) in [7, 11) is 0. The third kappa shape index (κ3) is 46.7. The van der Waals surface area contributed by atoms with E-state index in [1.165, 1.54) is 161 Å². The monoisotopic (exact) mass is 843 g/mol. The molecule has 0 heterocycles. The van der Waals surface area contributed by atoms with Crippen molar-refractivity contribution >= 4 is 17.9 Å². The van der Waals surface area contributed by atoms with Crippen LogP contribution in [0.4, 0.5) is 0 Å². The molecule has 0 aliphatic rings. The van der Waals surface area contributed by atoms with Crippen molar-refractivity contribution in [2.24, 2.45) is 0 Å². The second-order valence-electron chi connectivity index (χ2n) is 17.5. The number of ether oxygens (including phenoxy) is 3. The van der Waals surface area contributed by atoms with E-state index in [-0.39, 0.29) is 31.1 Å². The van der Waals surface area contributed by atoms with E-state index in [9.17, 15) is 14.4 Å². The highest BCUT2D eigenvalue weighted by Gasteiger charge is 2.19. The predicted molar refractivity (Wildman–Crippen MR) is 256 cm³/mol. The maximum atomic E-state index is 12.8. The maximum absolute atomic E-state index is 12.8. The van der Waals surface area contributed by atoms with Crippen molar-refractivity contribution in [3.8, 4) is 0 Å². The number of allylic oxidation sites excluding steroid dienone is 6. The van der Waals surface area contributed by atoms with Crippen LogP contribution in [0.1, 0.15) is 271 Å². The quantitative estimate of drug-likeness (QED) is 0.0263. The van der Waals surface area contributed by atoms with Gasteiger partial charge in [0.25, 0.3) is 0 Å². The number of esters is 3. The Kier molecular flexibility index (Phi) is 47.3. The van der Waals surface area contributed by atoms with Crippen molar-refractivity contribution in [2.45, 2.75) is 277 Å². The van der Waals surface area contributed by atoms with E-state index in [4.69, 9.17) is 14.2 Å². The lowest BCUT2D eigenvalue weighted by molar-refractivity contribution is -0.167. The SMILES string of the molecule is CC\C=C/C=C\C=C/CCCCCCCCCC(=O)OCC(COC(=O)CCCCCCCCCCCCCC)OC(=O)CCCCCCCCCCCCCCCCC. The van der Waals surface area contributed by atoms with Crippen LogP contribution < -0.4 is 0 Å². The summed E-state index contributed by atoms with van der Waals surface area (Å²) >= 11 is 0. The number of carbonyl (C=O) groups excluding carboxylic acids is 3. The maximum Gasteiger partial charge on any atom is 0.306 e. The average Bonchev–Trinajstić information content (AvgIpc) is 3.24. The van der Waals surface area contributed by atoms with Gasteiger partial charge in [-0.2, -0.15) is 0 Å². The zero-order valence-electron chi connectivity index (χ0n) is 40.0. The Morgan fingerprint density at radius 2 is 0.650 bits per heavy atom. The summed E-state index contributed by atoms with van der Waals surface area (Å²) in [4.78, 5) is 38.0. The molecular weight excluding hydrogens is 745 g/mol. The molecule has 1 unspecified atom stereocenters. The van der Waals surface area contributed by atoms with Crippen LogP contribution in [0.5, 0.6) is 0 Å². The molecule has 0 rings (SSSR count). The lowest BCUT2D eigenvalue weighted by atomic mass is 10.0. The Balaban J connectivity index is 4.35. The standard InChI is InChI=1S/C54H98O6/c1-4-7-10-13-16-19-22-25-27-29-32-35-38-41-44-47-53(56)59-50-51(49-58-52(55)46-43-40-37-34-31-24-21-18-15-12-9-6-3)60-54(57)48-45-42-39-36-33-30-28-26-23-20-17-14-11-8-5-2/h7,10,13,16,19,22,51H,4-6,8-9,11-12,14-15,17-18,20-21,23-50H2,1-3H3/b10-7-,16-13-,22-19-. The highest BCUT2D eigenvalue weighted by Crippen LogP contribution is 2.16. The van der Waals surface area contributed by atoms with E-state index in [2.05, 4.69) is 57.2 Å².